The molecule has 1 saturated heterocycles. The maximum Gasteiger partial charge on any atom is 0.222 e. The molecular weight excluding hydrogens is 307 g/mol. The Labute approximate surface area is 140 Å². The predicted molar refractivity (Wildman–Crippen MR) is 92.0 cm³/mol. The number of hydrogen-bond acceptors (Lipinski definition) is 2. The number of aromatic nitrogens is 3. The number of rotatable bonds is 4. The van der Waals surface area contributed by atoms with E-state index in [9.17, 15) is 9.18 Å². The Bertz CT molecular complexity index is 867. The van der Waals surface area contributed by atoms with Gasteiger partial charge in [-0.25, -0.2) is 4.39 Å². The van der Waals surface area contributed by atoms with E-state index in [0.29, 0.717) is 19.5 Å². The number of nitrogens with one attached hydrogen (secondary N) is 1. The molecule has 0 bridgehead atoms. The van der Waals surface area contributed by atoms with Gasteiger partial charge < -0.3 is 9.88 Å². The quantitative estimate of drug-likeness (QED) is 0.798. The van der Waals surface area contributed by atoms with Crippen molar-refractivity contribution in [2.24, 2.45) is 0 Å². The molecule has 126 valence electrons. The molecule has 3 heterocycles. The van der Waals surface area contributed by atoms with Crippen LogP contribution in [0.15, 0.2) is 36.8 Å². The molecule has 6 heteroatoms. The van der Waals surface area contributed by atoms with Crippen LogP contribution in [0.5, 0.6) is 0 Å². The second-order valence-electron chi connectivity index (χ2n) is 5.87. The first-order chi connectivity index (χ1) is 11.2. The summed E-state index contributed by atoms with van der Waals surface area (Å²) < 4.78 is 15.1. The summed E-state index contributed by atoms with van der Waals surface area (Å²) in [6, 6.07) is 4.72. The van der Waals surface area contributed by atoms with Gasteiger partial charge >= 0.3 is 0 Å². The molecule has 0 radical (unpaired) electrons. The van der Waals surface area contributed by atoms with Gasteiger partial charge in [0.1, 0.15) is 5.82 Å². The molecule has 3 aromatic rings. The Morgan fingerprint density at radius 1 is 1.29 bits per heavy atom. The molecule has 1 aromatic carbocycles. The van der Waals surface area contributed by atoms with Gasteiger partial charge in [-0.15, -0.1) is 0 Å². The maximum absolute atomic E-state index is 13.3. The number of carbonyl (C=O) groups excluding carboxylic acids is 1. The third-order valence-corrected chi connectivity index (χ3v) is 4.36. The smallest absolute Gasteiger partial charge is 0.222 e. The Hall–Kier alpha value is -2.63. The highest BCUT2D eigenvalue weighted by Gasteiger charge is 2.19. The van der Waals surface area contributed by atoms with Gasteiger partial charge in [0.2, 0.25) is 5.91 Å². The topological polar surface area (TPSA) is 53.9 Å². The summed E-state index contributed by atoms with van der Waals surface area (Å²) in [6.45, 7) is 2.22. The molecule has 0 atom stereocenters. The summed E-state index contributed by atoms with van der Waals surface area (Å²) in [5.74, 6) is -0.0205. The van der Waals surface area contributed by atoms with Crippen molar-refractivity contribution in [1.29, 1.82) is 0 Å². The lowest BCUT2D eigenvalue weighted by Gasteiger charge is -2.14. The molecular formula is C18H21FN4O. The SMILES string of the molecule is C.O=C1CCCN1CCn1cc(-c2c[nH]c3cc(F)ccc23)cn1. The highest BCUT2D eigenvalue weighted by atomic mass is 19.1. The monoisotopic (exact) mass is 328 g/mol. The number of benzene rings is 1. The highest BCUT2D eigenvalue weighted by molar-refractivity contribution is 5.95. The minimum Gasteiger partial charge on any atom is -0.360 e. The van der Waals surface area contributed by atoms with Crippen LogP contribution in [0.3, 0.4) is 0 Å². The van der Waals surface area contributed by atoms with E-state index in [0.717, 1.165) is 35.0 Å². The molecule has 2 aromatic heterocycles. The minimum absolute atomic E-state index is 0. The van der Waals surface area contributed by atoms with E-state index in [1.807, 2.05) is 22.0 Å². The molecule has 0 spiro atoms. The van der Waals surface area contributed by atoms with Gasteiger partial charge in [-0.1, -0.05) is 7.43 Å². The van der Waals surface area contributed by atoms with Crippen LogP contribution in [-0.2, 0) is 11.3 Å². The van der Waals surface area contributed by atoms with Crippen molar-refractivity contribution < 1.29 is 9.18 Å². The summed E-state index contributed by atoms with van der Waals surface area (Å²) in [4.78, 5) is 16.6. The number of hydrogen-bond donors (Lipinski definition) is 1. The second-order valence-corrected chi connectivity index (χ2v) is 5.87. The molecule has 0 aliphatic carbocycles. The van der Waals surface area contributed by atoms with Crippen LogP contribution in [0.2, 0.25) is 0 Å². The lowest BCUT2D eigenvalue weighted by molar-refractivity contribution is -0.127. The second kappa shape index (κ2) is 6.47. The van der Waals surface area contributed by atoms with Gasteiger partial charge in [-0.3, -0.25) is 9.48 Å². The van der Waals surface area contributed by atoms with Crippen molar-refractivity contribution in [3.8, 4) is 11.1 Å². The molecule has 4 rings (SSSR count). The fourth-order valence-corrected chi connectivity index (χ4v) is 3.13. The van der Waals surface area contributed by atoms with Gasteiger partial charge in [0, 0.05) is 53.9 Å². The summed E-state index contributed by atoms with van der Waals surface area (Å²) in [7, 11) is 0. The van der Waals surface area contributed by atoms with Crippen LogP contribution >= 0.6 is 0 Å². The number of carbonyl (C=O) groups is 1. The van der Waals surface area contributed by atoms with Crippen LogP contribution in [0.4, 0.5) is 4.39 Å². The third kappa shape index (κ3) is 2.91. The molecule has 1 amide bonds. The third-order valence-electron chi connectivity index (χ3n) is 4.36. The zero-order chi connectivity index (χ0) is 15.8. The zero-order valence-electron chi connectivity index (χ0n) is 12.6. The van der Waals surface area contributed by atoms with Crippen LogP contribution in [-0.4, -0.2) is 38.7 Å². The van der Waals surface area contributed by atoms with Gasteiger partial charge in [-0.2, -0.15) is 5.10 Å². The Morgan fingerprint density at radius 3 is 2.96 bits per heavy atom. The first kappa shape index (κ1) is 16.2. The zero-order valence-corrected chi connectivity index (χ0v) is 12.6. The minimum atomic E-state index is -0.253. The van der Waals surface area contributed by atoms with Crippen molar-refractivity contribution in [2.45, 2.75) is 26.8 Å². The average Bonchev–Trinajstić information content (AvgIpc) is 3.24. The summed E-state index contributed by atoms with van der Waals surface area (Å²) in [5, 5.41) is 5.35. The van der Waals surface area contributed by atoms with Crippen LogP contribution in [0, 0.1) is 5.82 Å². The molecule has 1 aliphatic heterocycles. The van der Waals surface area contributed by atoms with E-state index in [1.54, 1.807) is 12.3 Å². The number of halogens is 1. The molecule has 0 saturated carbocycles. The van der Waals surface area contributed by atoms with E-state index in [2.05, 4.69) is 10.1 Å². The van der Waals surface area contributed by atoms with E-state index < -0.39 is 0 Å². The van der Waals surface area contributed by atoms with Gasteiger partial charge in [0.05, 0.1) is 12.7 Å². The van der Waals surface area contributed by atoms with Crippen molar-refractivity contribution >= 4 is 16.8 Å². The average molecular weight is 328 g/mol. The Kier molecular flexibility index (Phi) is 4.38. The fraction of sp³-hybridized carbons (Fsp3) is 0.333. The van der Waals surface area contributed by atoms with E-state index >= 15 is 0 Å². The Balaban J connectivity index is 0.00000169. The van der Waals surface area contributed by atoms with Gasteiger partial charge in [-0.05, 0) is 24.6 Å². The van der Waals surface area contributed by atoms with Crippen LogP contribution < -0.4 is 0 Å². The highest BCUT2D eigenvalue weighted by Crippen LogP contribution is 2.28. The van der Waals surface area contributed by atoms with Crippen LogP contribution in [0.1, 0.15) is 20.3 Å². The predicted octanol–water partition coefficient (Wildman–Crippen LogP) is 3.43. The van der Waals surface area contributed by atoms with Crippen LogP contribution in [0.25, 0.3) is 22.0 Å². The number of aromatic amines is 1. The number of amides is 1. The molecule has 1 N–H and O–H groups in total. The van der Waals surface area contributed by atoms with Crippen molar-refractivity contribution in [3.05, 3.63) is 42.6 Å². The lowest BCUT2D eigenvalue weighted by atomic mass is 10.1. The number of likely N-dealkylation sites (tertiary alicyclic amines) is 1. The number of nitrogens with zero attached hydrogens (tertiary/aromatic N) is 3. The van der Waals surface area contributed by atoms with E-state index in [-0.39, 0.29) is 19.2 Å². The van der Waals surface area contributed by atoms with Crippen molar-refractivity contribution in [2.75, 3.05) is 13.1 Å². The standard InChI is InChI=1S/C17H17FN4O.CH4/c18-13-3-4-14-15(10-19-16(14)8-13)12-9-20-22(11-12)7-6-21-5-1-2-17(21)23;/h3-4,8-11,19H,1-2,5-7H2;1H4. The number of fused-ring (bicyclic) bond motifs is 1. The molecule has 0 unspecified atom stereocenters. The molecule has 1 aliphatic rings. The summed E-state index contributed by atoms with van der Waals surface area (Å²) in [6.07, 6.45) is 7.26. The van der Waals surface area contributed by atoms with E-state index in [4.69, 9.17) is 0 Å². The fourth-order valence-electron chi connectivity index (χ4n) is 3.13. The van der Waals surface area contributed by atoms with Crippen molar-refractivity contribution in [3.63, 3.8) is 0 Å². The Morgan fingerprint density at radius 2 is 2.17 bits per heavy atom. The first-order valence-electron chi connectivity index (χ1n) is 7.78. The summed E-state index contributed by atoms with van der Waals surface area (Å²) in [5.41, 5.74) is 2.76. The molecule has 24 heavy (non-hydrogen) atoms. The van der Waals surface area contributed by atoms with Crippen molar-refractivity contribution in [1.82, 2.24) is 19.7 Å². The lowest BCUT2D eigenvalue weighted by Crippen LogP contribution is -2.28. The largest absolute Gasteiger partial charge is 0.360 e. The molecule has 1 fully saturated rings. The first-order valence-corrected chi connectivity index (χ1v) is 7.78. The van der Waals surface area contributed by atoms with Gasteiger partial charge in [0.25, 0.3) is 0 Å². The van der Waals surface area contributed by atoms with E-state index in [1.165, 1.54) is 12.1 Å². The molecule has 5 nitrogen and oxygen atoms in total. The summed E-state index contributed by atoms with van der Waals surface area (Å²) >= 11 is 0. The van der Waals surface area contributed by atoms with Gasteiger partial charge in [0.15, 0.2) is 0 Å². The normalized spacial score (nSPS) is 14.4. The number of H-pyrrole nitrogens is 1. The maximum atomic E-state index is 13.3.